The summed E-state index contributed by atoms with van der Waals surface area (Å²) in [6.07, 6.45) is 8.73. The maximum absolute atomic E-state index is 6.10. The maximum Gasteiger partial charge on any atom is 0.0801 e. The Balaban J connectivity index is 1.80. The van der Waals surface area contributed by atoms with Crippen LogP contribution >= 0.6 is 11.6 Å². The van der Waals surface area contributed by atoms with Gasteiger partial charge in [0.15, 0.2) is 0 Å². The zero-order valence-corrected chi connectivity index (χ0v) is 9.69. The zero-order chi connectivity index (χ0) is 9.76. The van der Waals surface area contributed by atoms with Crippen molar-refractivity contribution in [3.8, 4) is 0 Å². The highest BCUT2D eigenvalue weighted by atomic mass is 35.5. The van der Waals surface area contributed by atoms with Crippen molar-refractivity contribution in [3.05, 3.63) is 0 Å². The molecule has 4 fully saturated rings. The van der Waals surface area contributed by atoms with E-state index < -0.39 is 0 Å². The van der Waals surface area contributed by atoms with Gasteiger partial charge in [0.1, 0.15) is 0 Å². The quantitative estimate of drug-likeness (QED) is 0.549. The molecule has 4 saturated carbocycles. The highest BCUT2D eigenvalue weighted by molar-refractivity contribution is 6.20. The summed E-state index contributed by atoms with van der Waals surface area (Å²) in [7, 11) is 0. The lowest BCUT2D eigenvalue weighted by Crippen LogP contribution is -2.59. The molecule has 80 valence electrons. The fourth-order valence-electron chi connectivity index (χ4n) is 4.71. The average molecular weight is 214 g/mol. The number of nitrogens with one attached hydrogen (secondary N) is 1. The number of hydrogen-bond acceptors (Lipinski definition) is 1. The van der Waals surface area contributed by atoms with E-state index in [-0.39, 0.29) is 5.50 Å². The van der Waals surface area contributed by atoms with Gasteiger partial charge in [0, 0.05) is 5.54 Å². The van der Waals surface area contributed by atoms with Crippen LogP contribution in [0.2, 0.25) is 0 Å². The van der Waals surface area contributed by atoms with E-state index >= 15 is 0 Å². The predicted octanol–water partition coefficient (Wildman–Crippen LogP) is 3.13. The summed E-state index contributed by atoms with van der Waals surface area (Å²) < 4.78 is 0. The molecule has 0 aromatic carbocycles. The Bertz CT molecular complexity index is 195. The van der Waals surface area contributed by atoms with Crippen LogP contribution in [0.4, 0.5) is 0 Å². The summed E-state index contributed by atoms with van der Waals surface area (Å²) in [5.74, 6) is 3.05. The van der Waals surface area contributed by atoms with Crippen molar-refractivity contribution in [1.82, 2.24) is 5.32 Å². The SMILES string of the molecule is CC(Cl)NC12CC3CC(CC(C3)C1)C2. The molecule has 0 radical (unpaired) electrons. The fraction of sp³-hybridized carbons (Fsp3) is 1.00. The van der Waals surface area contributed by atoms with Crippen molar-refractivity contribution in [2.45, 2.75) is 56.5 Å². The van der Waals surface area contributed by atoms with Crippen LogP contribution in [0.25, 0.3) is 0 Å². The highest BCUT2D eigenvalue weighted by Crippen LogP contribution is 2.55. The van der Waals surface area contributed by atoms with Crippen LogP contribution in [0, 0.1) is 17.8 Å². The van der Waals surface area contributed by atoms with Crippen molar-refractivity contribution >= 4 is 11.6 Å². The molecule has 1 unspecified atom stereocenters. The van der Waals surface area contributed by atoms with Gasteiger partial charge in [0.25, 0.3) is 0 Å². The van der Waals surface area contributed by atoms with Gasteiger partial charge >= 0.3 is 0 Å². The van der Waals surface area contributed by atoms with Gasteiger partial charge in [0.2, 0.25) is 0 Å². The molecule has 0 aromatic heterocycles. The molecule has 4 aliphatic rings. The lowest BCUT2D eigenvalue weighted by Gasteiger charge is -2.57. The molecule has 0 aromatic rings. The third-order valence-corrected chi connectivity index (χ3v) is 4.65. The molecule has 0 heterocycles. The second-order valence-electron chi connectivity index (χ2n) is 5.96. The van der Waals surface area contributed by atoms with Crippen LogP contribution in [0.1, 0.15) is 45.4 Å². The maximum atomic E-state index is 6.10. The second kappa shape index (κ2) is 3.12. The highest BCUT2D eigenvalue weighted by Gasteiger charge is 2.50. The van der Waals surface area contributed by atoms with Gasteiger partial charge in [-0.2, -0.15) is 0 Å². The first-order valence-electron chi connectivity index (χ1n) is 6.07. The molecule has 4 rings (SSSR count). The second-order valence-corrected chi connectivity index (χ2v) is 6.61. The largest absolute Gasteiger partial charge is 0.296 e. The van der Waals surface area contributed by atoms with Gasteiger partial charge in [-0.1, -0.05) is 0 Å². The zero-order valence-electron chi connectivity index (χ0n) is 8.93. The minimum Gasteiger partial charge on any atom is -0.296 e. The van der Waals surface area contributed by atoms with E-state index in [1.54, 1.807) is 0 Å². The third kappa shape index (κ3) is 1.49. The van der Waals surface area contributed by atoms with Crippen LogP contribution in [0.3, 0.4) is 0 Å². The molecule has 0 spiro atoms. The van der Waals surface area contributed by atoms with Crippen molar-refractivity contribution in [3.63, 3.8) is 0 Å². The molecule has 1 N–H and O–H groups in total. The lowest BCUT2D eigenvalue weighted by atomic mass is 9.53. The molecule has 4 aliphatic carbocycles. The van der Waals surface area contributed by atoms with Gasteiger partial charge in [-0.05, 0) is 63.2 Å². The van der Waals surface area contributed by atoms with Crippen LogP contribution in [0.15, 0.2) is 0 Å². The van der Waals surface area contributed by atoms with Crippen molar-refractivity contribution in [2.24, 2.45) is 17.8 Å². The summed E-state index contributed by atoms with van der Waals surface area (Å²) in [5.41, 5.74) is 0.585. The number of hydrogen-bond donors (Lipinski definition) is 1. The number of rotatable bonds is 2. The van der Waals surface area contributed by atoms with Crippen molar-refractivity contribution < 1.29 is 0 Å². The smallest absolute Gasteiger partial charge is 0.0801 e. The molecule has 2 heteroatoms. The van der Waals surface area contributed by atoms with Crippen LogP contribution < -0.4 is 5.32 Å². The van der Waals surface area contributed by atoms with Crippen LogP contribution in [0.5, 0.6) is 0 Å². The lowest BCUT2D eigenvalue weighted by molar-refractivity contribution is -0.0205. The van der Waals surface area contributed by atoms with Gasteiger partial charge in [-0.15, -0.1) is 11.6 Å². The van der Waals surface area contributed by atoms with E-state index in [0.29, 0.717) is 5.54 Å². The molecule has 1 nitrogen and oxygen atoms in total. The first-order chi connectivity index (χ1) is 6.65. The fourth-order valence-corrected chi connectivity index (χ4v) is 4.94. The monoisotopic (exact) mass is 213 g/mol. The summed E-state index contributed by atoms with van der Waals surface area (Å²) >= 11 is 6.10. The van der Waals surface area contributed by atoms with Gasteiger partial charge in [-0.3, -0.25) is 5.32 Å². The third-order valence-electron chi connectivity index (χ3n) is 4.54. The van der Waals surface area contributed by atoms with E-state index in [2.05, 4.69) is 12.2 Å². The summed E-state index contributed by atoms with van der Waals surface area (Å²) in [5, 5.41) is 3.65. The summed E-state index contributed by atoms with van der Waals surface area (Å²) in [6, 6.07) is 0. The molecule has 0 saturated heterocycles. The van der Waals surface area contributed by atoms with Gasteiger partial charge in [0.05, 0.1) is 5.50 Å². The molecule has 0 amide bonds. The Hall–Kier alpha value is 0.250. The summed E-state index contributed by atoms with van der Waals surface area (Å²) in [4.78, 5) is 0. The van der Waals surface area contributed by atoms with E-state index in [1.807, 2.05) is 0 Å². The molecular weight excluding hydrogens is 194 g/mol. The Labute approximate surface area is 91.6 Å². The normalized spacial score (nSPS) is 52.3. The molecule has 4 bridgehead atoms. The van der Waals surface area contributed by atoms with Crippen LogP contribution in [-0.2, 0) is 0 Å². The van der Waals surface area contributed by atoms with Gasteiger partial charge < -0.3 is 0 Å². The Morgan fingerprint density at radius 2 is 1.50 bits per heavy atom. The molecule has 14 heavy (non-hydrogen) atoms. The minimum atomic E-state index is 0.145. The number of alkyl halides is 1. The Kier molecular flexibility index (Phi) is 2.11. The van der Waals surface area contributed by atoms with E-state index in [4.69, 9.17) is 11.6 Å². The van der Waals surface area contributed by atoms with Crippen molar-refractivity contribution in [1.29, 1.82) is 0 Å². The molecular formula is C12H20ClN. The molecule has 1 atom stereocenters. The van der Waals surface area contributed by atoms with Crippen molar-refractivity contribution in [2.75, 3.05) is 0 Å². The number of halogens is 1. The average Bonchev–Trinajstić information content (AvgIpc) is 1.96. The van der Waals surface area contributed by atoms with Crippen LogP contribution in [-0.4, -0.2) is 11.0 Å². The van der Waals surface area contributed by atoms with E-state index in [9.17, 15) is 0 Å². The topological polar surface area (TPSA) is 12.0 Å². The Morgan fingerprint density at radius 3 is 1.86 bits per heavy atom. The van der Waals surface area contributed by atoms with E-state index in [1.165, 1.54) is 38.5 Å². The van der Waals surface area contributed by atoms with E-state index in [0.717, 1.165) is 17.8 Å². The predicted molar refractivity (Wildman–Crippen MR) is 59.4 cm³/mol. The minimum absolute atomic E-state index is 0.145. The standard InChI is InChI=1S/C12H20ClN/c1-8(13)14-12-5-9-2-10(6-12)4-11(3-9)7-12/h8-11,14H,2-7H2,1H3. The molecule has 0 aliphatic heterocycles. The van der Waals surface area contributed by atoms with Gasteiger partial charge in [-0.25, -0.2) is 0 Å². The summed E-state index contributed by atoms with van der Waals surface area (Å²) in [6.45, 7) is 2.07. The first kappa shape index (κ1) is 9.47. The Morgan fingerprint density at radius 1 is 1.07 bits per heavy atom. The first-order valence-corrected chi connectivity index (χ1v) is 6.51.